The molecule has 1 fully saturated rings. The highest BCUT2D eigenvalue weighted by Crippen LogP contribution is 2.40. The third kappa shape index (κ3) is 2.97. The zero-order chi connectivity index (χ0) is 14.2. The molecule has 3 rings (SSSR count). The predicted octanol–water partition coefficient (Wildman–Crippen LogP) is 3.53. The van der Waals surface area contributed by atoms with Crippen LogP contribution in [0.15, 0.2) is 23.6 Å². The van der Waals surface area contributed by atoms with E-state index in [1.54, 1.807) is 23.5 Å². The molecule has 4 nitrogen and oxygen atoms in total. The van der Waals surface area contributed by atoms with E-state index in [0.717, 1.165) is 4.70 Å². The number of rotatable bonds is 3. The predicted molar refractivity (Wildman–Crippen MR) is 81.4 cm³/mol. The molecule has 6 heteroatoms. The fourth-order valence-corrected chi connectivity index (χ4v) is 4.39. The molecule has 1 saturated carbocycles. The van der Waals surface area contributed by atoms with Gasteiger partial charge >= 0.3 is 10.3 Å². The monoisotopic (exact) mass is 311 g/mol. The van der Waals surface area contributed by atoms with E-state index in [1.165, 1.54) is 43.1 Å². The van der Waals surface area contributed by atoms with Gasteiger partial charge in [0.2, 0.25) is 0 Å². The Balaban J connectivity index is 1.93. The highest BCUT2D eigenvalue weighted by atomic mass is 32.2. The molecule has 0 radical (unpaired) electrons. The van der Waals surface area contributed by atoms with E-state index in [4.69, 9.17) is 9.32 Å². The minimum atomic E-state index is -3.95. The van der Waals surface area contributed by atoms with Gasteiger partial charge in [-0.1, -0.05) is 19.3 Å². The molecule has 0 amide bonds. The van der Waals surface area contributed by atoms with Crippen molar-refractivity contribution in [1.29, 1.82) is 0 Å². The standard InChI is InChI=1S/C14H17NO3S2/c15-20(16,17)18-11-6-7-12-13(9-19-14(12)8-11)10-4-2-1-3-5-10/h6-10H,1-5H2,(H2,15,16,17). The van der Waals surface area contributed by atoms with E-state index in [-0.39, 0.29) is 5.75 Å². The number of thiophene rings is 1. The normalized spacial score (nSPS) is 17.4. The van der Waals surface area contributed by atoms with Crippen LogP contribution in [0.2, 0.25) is 0 Å². The molecule has 108 valence electrons. The zero-order valence-electron chi connectivity index (χ0n) is 11.0. The van der Waals surface area contributed by atoms with Crippen LogP contribution >= 0.6 is 11.3 Å². The van der Waals surface area contributed by atoms with Crippen LogP contribution < -0.4 is 9.32 Å². The quantitative estimate of drug-likeness (QED) is 0.942. The molecule has 0 saturated heterocycles. The highest BCUT2D eigenvalue weighted by molar-refractivity contribution is 7.84. The van der Waals surface area contributed by atoms with Gasteiger partial charge in [0.25, 0.3) is 0 Å². The van der Waals surface area contributed by atoms with E-state index in [0.29, 0.717) is 5.92 Å². The van der Waals surface area contributed by atoms with Crippen molar-refractivity contribution in [2.75, 3.05) is 0 Å². The van der Waals surface area contributed by atoms with E-state index >= 15 is 0 Å². The molecule has 2 N–H and O–H groups in total. The summed E-state index contributed by atoms with van der Waals surface area (Å²) in [6, 6.07) is 5.36. The Morgan fingerprint density at radius 1 is 1.20 bits per heavy atom. The molecule has 0 spiro atoms. The fourth-order valence-electron chi connectivity index (χ4n) is 2.94. The number of hydrogen-bond donors (Lipinski definition) is 1. The number of hydrogen-bond acceptors (Lipinski definition) is 4. The molecule has 0 bridgehead atoms. The van der Waals surface area contributed by atoms with E-state index < -0.39 is 10.3 Å². The van der Waals surface area contributed by atoms with Gasteiger partial charge in [0.05, 0.1) is 0 Å². The first-order valence-corrected chi connectivity index (χ1v) is 9.11. The molecule has 1 aliphatic carbocycles. The molecule has 1 aromatic carbocycles. The van der Waals surface area contributed by atoms with Gasteiger partial charge in [0, 0.05) is 4.70 Å². The molecule has 1 aromatic heterocycles. The maximum absolute atomic E-state index is 10.9. The van der Waals surface area contributed by atoms with Crippen LogP contribution in [0, 0.1) is 0 Å². The van der Waals surface area contributed by atoms with Gasteiger partial charge in [-0.25, -0.2) is 0 Å². The van der Waals surface area contributed by atoms with Gasteiger partial charge in [0.15, 0.2) is 0 Å². The summed E-state index contributed by atoms with van der Waals surface area (Å²) in [6.45, 7) is 0. The third-order valence-corrected chi connectivity index (χ3v) is 5.22. The number of nitrogens with two attached hydrogens (primary N) is 1. The molecule has 1 heterocycles. The van der Waals surface area contributed by atoms with Crippen LogP contribution in [0.25, 0.3) is 10.1 Å². The maximum atomic E-state index is 10.9. The van der Waals surface area contributed by atoms with Crippen LogP contribution in [-0.2, 0) is 10.3 Å². The molecule has 20 heavy (non-hydrogen) atoms. The lowest BCUT2D eigenvalue weighted by Gasteiger charge is -2.21. The molecule has 0 aliphatic heterocycles. The van der Waals surface area contributed by atoms with Crippen LogP contribution in [0.3, 0.4) is 0 Å². The lowest BCUT2D eigenvalue weighted by Crippen LogP contribution is -2.18. The minimum Gasteiger partial charge on any atom is -0.371 e. The van der Waals surface area contributed by atoms with Crippen molar-refractivity contribution in [3.63, 3.8) is 0 Å². The van der Waals surface area contributed by atoms with Gasteiger partial charge < -0.3 is 4.18 Å². The van der Waals surface area contributed by atoms with Crippen molar-refractivity contribution in [3.8, 4) is 5.75 Å². The Labute approximate surface area is 122 Å². The Kier molecular flexibility index (Phi) is 3.70. The second-order valence-corrected chi connectivity index (χ2v) is 7.32. The van der Waals surface area contributed by atoms with Crippen LogP contribution in [0.4, 0.5) is 0 Å². The Bertz CT molecular complexity index is 715. The summed E-state index contributed by atoms with van der Waals surface area (Å²) in [5, 5.41) is 8.29. The minimum absolute atomic E-state index is 0.275. The lowest BCUT2D eigenvalue weighted by atomic mass is 9.84. The SMILES string of the molecule is NS(=O)(=O)Oc1ccc2c(C3CCCCC3)csc2c1. The summed E-state index contributed by atoms with van der Waals surface area (Å²) in [6.07, 6.45) is 6.44. The second-order valence-electron chi connectivity index (χ2n) is 5.26. The topological polar surface area (TPSA) is 69.4 Å². The number of fused-ring (bicyclic) bond motifs is 1. The first-order valence-electron chi connectivity index (χ1n) is 6.76. The molecule has 1 aliphatic rings. The molecular weight excluding hydrogens is 294 g/mol. The van der Waals surface area contributed by atoms with E-state index in [2.05, 4.69) is 5.38 Å². The molecule has 2 aromatic rings. The molecule has 0 atom stereocenters. The van der Waals surface area contributed by atoms with E-state index in [9.17, 15) is 8.42 Å². The first kappa shape index (κ1) is 13.9. The van der Waals surface area contributed by atoms with Crippen molar-refractivity contribution < 1.29 is 12.6 Å². The van der Waals surface area contributed by atoms with Crippen LogP contribution in [0.1, 0.15) is 43.6 Å². The zero-order valence-corrected chi connectivity index (χ0v) is 12.7. The number of benzene rings is 1. The Morgan fingerprint density at radius 3 is 2.65 bits per heavy atom. The summed E-state index contributed by atoms with van der Waals surface area (Å²) in [5.41, 5.74) is 1.40. The summed E-state index contributed by atoms with van der Waals surface area (Å²) in [5.74, 6) is 0.916. The maximum Gasteiger partial charge on any atom is 0.380 e. The average molecular weight is 311 g/mol. The van der Waals surface area contributed by atoms with Crippen molar-refractivity contribution >= 4 is 31.7 Å². The molecular formula is C14H17NO3S2. The van der Waals surface area contributed by atoms with E-state index in [1.807, 2.05) is 6.07 Å². The Hall–Kier alpha value is -1.11. The smallest absolute Gasteiger partial charge is 0.371 e. The Morgan fingerprint density at radius 2 is 1.95 bits per heavy atom. The van der Waals surface area contributed by atoms with Crippen molar-refractivity contribution in [3.05, 3.63) is 29.1 Å². The highest BCUT2D eigenvalue weighted by Gasteiger charge is 2.19. The molecule has 0 unspecified atom stereocenters. The summed E-state index contributed by atoms with van der Waals surface area (Å²) in [4.78, 5) is 0. The van der Waals surface area contributed by atoms with Crippen molar-refractivity contribution in [2.45, 2.75) is 38.0 Å². The largest absolute Gasteiger partial charge is 0.380 e. The van der Waals surface area contributed by atoms with Gasteiger partial charge in [-0.2, -0.15) is 13.6 Å². The third-order valence-electron chi connectivity index (χ3n) is 3.83. The van der Waals surface area contributed by atoms with Crippen molar-refractivity contribution in [1.82, 2.24) is 0 Å². The van der Waals surface area contributed by atoms with Gasteiger partial charge in [-0.3, -0.25) is 0 Å². The second kappa shape index (κ2) is 5.35. The van der Waals surface area contributed by atoms with Crippen LogP contribution in [0.5, 0.6) is 5.75 Å². The summed E-state index contributed by atoms with van der Waals surface area (Å²) < 4.78 is 27.7. The summed E-state index contributed by atoms with van der Waals surface area (Å²) in [7, 11) is -3.95. The first-order chi connectivity index (χ1) is 9.53. The lowest BCUT2D eigenvalue weighted by molar-refractivity contribution is 0.446. The van der Waals surface area contributed by atoms with Crippen LogP contribution in [-0.4, -0.2) is 8.42 Å². The fraction of sp³-hybridized carbons (Fsp3) is 0.429. The van der Waals surface area contributed by atoms with Gasteiger partial charge in [-0.05, 0) is 53.3 Å². The average Bonchev–Trinajstić information content (AvgIpc) is 2.81. The van der Waals surface area contributed by atoms with Gasteiger partial charge in [0.1, 0.15) is 5.75 Å². The van der Waals surface area contributed by atoms with Crippen molar-refractivity contribution in [2.24, 2.45) is 5.14 Å². The summed E-state index contributed by atoms with van der Waals surface area (Å²) >= 11 is 1.63. The van der Waals surface area contributed by atoms with Gasteiger partial charge in [-0.15, -0.1) is 11.3 Å².